The van der Waals surface area contributed by atoms with Crippen LogP contribution in [0, 0.1) is 6.07 Å². The molecule has 17 heavy (non-hydrogen) atoms. The zero-order chi connectivity index (χ0) is 11.8. The Bertz CT molecular complexity index is 683. The monoisotopic (exact) mass is 220 g/mol. The van der Waals surface area contributed by atoms with Crippen molar-refractivity contribution in [1.29, 1.82) is 0 Å². The molecule has 0 N–H and O–H groups in total. The average Bonchev–Trinajstić information content (AvgIpc) is 2.35. The first-order valence-corrected chi connectivity index (χ1v) is 5.75. The van der Waals surface area contributed by atoms with Crippen LogP contribution in [0.25, 0.3) is 21.5 Å². The van der Waals surface area contributed by atoms with E-state index in [4.69, 9.17) is 0 Å². The maximum absolute atomic E-state index is 3.28. The summed E-state index contributed by atoms with van der Waals surface area (Å²) in [6.07, 6.45) is 0. The third-order valence-corrected chi connectivity index (χ3v) is 3.12. The minimum absolute atomic E-state index is 1.18. The zero-order valence-electron chi connectivity index (χ0n) is 10.1. The van der Waals surface area contributed by atoms with Gasteiger partial charge in [0.15, 0.2) is 0 Å². The fourth-order valence-corrected chi connectivity index (χ4v) is 2.13. The molecule has 0 aliphatic rings. The van der Waals surface area contributed by atoms with E-state index in [0.29, 0.717) is 0 Å². The summed E-state index contributed by atoms with van der Waals surface area (Å²) in [5, 5.41) is 4.97. The van der Waals surface area contributed by atoms with Crippen LogP contribution in [-0.4, -0.2) is 14.1 Å². The highest BCUT2D eigenvalue weighted by Gasteiger charge is 2.00. The summed E-state index contributed by atoms with van der Waals surface area (Å²) in [5.41, 5.74) is 1.23. The fourth-order valence-electron chi connectivity index (χ4n) is 2.13. The van der Waals surface area contributed by atoms with Crippen molar-refractivity contribution in [2.45, 2.75) is 0 Å². The van der Waals surface area contributed by atoms with Gasteiger partial charge in [-0.05, 0) is 51.9 Å². The quantitative estimate of drug-likeness (QED) is 0.563. The molecular weight excluding hydrogens is 206 g/mol. The number of fused-ring (bicyclic) bond motifs is 2. The van der Waals surface area contributed by atoms with Crippen molar-refractivity contribution in [3.63, 3.8) is 0 Å². The van der Waals surface area contributed by atoms with Gasteiger partial charge < -0.3 is 4.90 Å². The summed E-state index contributed by atoms with van der Waals surface area (Å²) < 4.78 is 0. The molecule has 0 saturated heterocycles. The summed E-state index contributed by atoms with van der Waals surface area (Å²) in [6, 6.07) is 20.4. The number of hydrogen-bond donors (Lipinski definition) is 0. The Kier molecular flexibility index (Phi) is 2.25. The molecule has 0 spiro atoms. The second-order valence-electron chi connectivity index (χ2n) is 4.54. The van der Waals surface area contributed by atoms with Gasteiger partial charge in [-0.1, -0.05) is 24.3 Å². The molecule has 0 saturated carbocycles. The van der Waals surface area contributed by atoms with E-state index in [1.807, 2.05) is 12.1 Å². The maximum atomic E-state index is 3.28. The number of nitrogens with zero attached hydrogens (tertiary/aromatic N) is 1. The van der Waals surface area contributed by atoms with Crippen molar-refractivity contribution in [1.82, 2.24) is 0 Å². The Morgan fingerprint density at radius 3 is 2.59 bits per heavy atom. The topological polar surface area (TPSA) is 3.24 Å². The molecule has 0 aliphatic carbocycles. The molecule has 0 bridgehead atoms. The second kappa shape index (κ2) is 3.77. The molecule has 0 amide bonds. The first-order valence-electron chi connectivity index (χ1n) is 5.75. The molecule has 0 aliphatic heterocycles. The molecular formula is C16H14N. The van der Waals surface area contributed by atoms with Gasteiger partial charge in [0.1, 0.15) is 0 Å². The lowest BCUT2D eigenvalue weighted by atomic mass is 10.0. The van der Waals surface area contributed by atoms with Gasteiger partial charge in [-0.15, -0.1) is 0 Å². The van der Waals surface area contributed by atoms with Crippen LogP contribution in [-0.2, 0) is 0 Å². The molecule has 0 fully saturated rings. The van der Waals surface area contributed by atoms with Crippen molar-refractivity contribution < 1.29 is 0 Å². The van der Waals surface area contributed by atoms with Crippen LogP contribution in [0.3, 0.4) is 0 Å². The van der Waals surface area contributed by atoms with E-state index < -0.39 is 0 Å². The lowest BCUT2D eigenvalue weighted by molar-refractivity contribution is 1.14. The molecule has 0 aromatic heterocycles. The lowest BCUT2D eigenvalue weighted by Crippen LogP contribution is -2.07. The Labute approximate surface area is 101 Å². The molecule has 0 atom stereocenters. The maximum Gasteiger partial charge on any atom is 0.0367 e. The summed E-state index contributed by atoms with van der Waals surface area (Å²) in [7, 11) is 4.13. The molecule has 3 rings (SSSR count). The molecule has 3 aromatic carbocycles. The average molecular weight is 220 g/mol. The van der Waals surface area contributed by atoms with Gasteiger partial charge in [0.2, 0.25) is 0 Å². The lowest BCUT2D eigenvalue weighted by Gasteiger charge is -2.13. The first kappa shape index (κ1) is 10.2. The zero-order valence-corrected chi connectivity index (χ0v) is 10.1. The van der Waals surface area contributed by atoms with E-state index in [0.717, 1.165) is 0 Å². The molecule has 1 radical (unpaired) electrons. The molecule has 0 heterocycles. The van der Waals surface area contributed by atoms with E-state index in [-0.39, 0.29) is 0 Å². The van der Waals surface area contributed by atoms with Gasteiger partial charge in [0.05, 0.1) is 0 Å². The summed E-state index contributed by atoms with van der Waals surface area (Å²) in [6.45, 7) is 0. The minimum atomic E-state index is 1.18. The summed E-state index contributed by atoms with van der Waals surface area (Å²) >= 11 is 0. The van der Waals surface area contributed by atoms with Crippen LogP contribution < -0.4 is 4.90 Å². The number of benzene rings is 3. The standard InChI is InChI=1S/C16H14N/c1-17(2)16-8-7-14-9-12-5-3-4-6-13(12)10-15(14)11-16/h3-5,7-11H,1-2H3. The minimum Gasteiger partial charge on any atom is -0.378 e. The number of rotatable bonds is 1. The fraction of sp³-hybridized carbons (Fsp3) is 0.125. The van der Waals surface area contributed by atoms with Crippen molar-refractivity contribution in [2.75, 3.05) is 19.0 Å². The van der Waals surface area contributed by atoms with Gasteiger partial charge in [-0.2, -0.15) is 0 Å². The van der Waals surface area contributed by atoms with Crippen LogP contribution in [0.5, 0.6) is 0 Å². The van der Waals surface area contributed by atoms with Gasteiger partial charge >= 0.3 is 0 Å². The Morgan fingerprint density at radius 2 is 1.76 bits per heavy atom. The van der Waals surface area contributed by atoms with Crippen LogP contribution in [0.4, 0.5) is 5.69 Å². The Hall–Kier alpha value is -2.02. The highest BCUT2D eigenvalue weighted by Crippen LogP contribution is 2.25. The van der Waals surface area contributed by atoms with Crippen molar-refractivity contribution in [3.8, 4) is 0 Å². The van der Waals surface area contributed by atoms with Gasteiger partial charge in [-0.3, -0.25) is 0 Å². The summed E-state index contributed by atoms with van der Waals surface area (Å²) in [4.78, 5) is 2.12. The molecule has 0 unspecified atom stereocenters. The largest absolute Gasteiger partial charge is 0.378 e. The third kappa shape index (κ3) is 1.74. The molecule has 83 valence electrons. The van der Waals surface area contributed by atoms with E-state index in [9.17, 15) is 0 Å². The van der Waals surface area contributed by atoms with Crippen molar-refractivity contribution in [2.24, 2.45) is 0 Å². The van der Waals surface area contributed by atoms with Crippen LogP contribution in [0.15, 0.2) is 48.5 Å². The Balaban J connectivity index is 2.32. The van der Waals surface area contributed by atoms with Gasteiger partial charge in [-0.25, -0.2) is 0 Å². The highest BCUT2D eigenvalue weighted by molar-refractivity contribution is 5.99. The predicted molar refractivity (Wildman–Crippen MR) is 74.6 cm³/mol. The van der Waals surface area contributed by atoms with Crippen molar-refractivity contribution >= 4 is 27.2 Å². The predicted octanol–water partition coefficient (Wildman–Crippen LogP) is 3.86. The summed E-state index contributed by atoms with van der Waals surface area (Å²) in [5.74, 6) is 0. The van der Waals surface area contributed by atoms with E-state index in [1.165, 1.54) is 27.2 Å². The smallest absolute Gasteiger partial charge is 0.0367 e. The highest BCUT2D eigenvalue weighted by atomic mass is 15.1. The Morgan fingerprint density at radius 1 is 0.882 bits per heavy atom. The van der Waals surface area contributed by atoms with E-state index in [1.54, 1.807) is 0 Å². The molecule has 1 heteroatoms. The normalized spacial score (nSPS) is 10.9. The number of anilines is 1. The molecule has 1 nitrogen and oxygen atoms in total. The third-order valence-electron chi connectivity index (χ3n) is 3.12. The van der Waals surface area contributed by atoms with Crippen LogP contribution in [0.2, 0.25) is 0 Å². The van der Waals surface area contributed by atoms with Crippen LogP contribution in [0.1, 0.15) is 0 Å². The van der Waals surface area contributed by atoms with Crippen molar-refractivity contribution in [3.05, 3.63) is 54.6 Å². The first-order chi connectivity index (χ1) is 8.24. The van der Waals surface area contributed by atoms with E-state index in [2.05, 4.69) is 61.5 Å². The van der Waals surface area contributed by atoms with Gasteiger partial charge in [0, 0.05) is 19.8 Å². The molecule has 3 aromatic rings. The van der Waals surface area contributed by atoms with Crippen LogP contribution >= 0.6 is 0 Å². The van der Waals surface area contributed by atoms with E-state index >= 15 is 0 Å². The van der Waals surface area contributed by atoms with Gasteiger partial charge in [0.25, 0.3) is 0 Å². The second-order valence-corrected chi connectivity index (χ2v) is 4.54. The number of hydrogen-bond acceptors (Lipinski definition) is 1. The SMILES string of the molecule is CN(C)c1ccc2cc3ccc[c]c3cc2c1.